The Morgan fingerprint density at radius 2 is 2.12 bits per heavy atom. The van der Waals surface area contributed by atoms with Crippen molar-refractivity contribution in [1.29, 1.82) is 0 Å². The second kappa shape index (κ2) is 8.05. The third-order valence-corrected chi connectivity index (χ3v) is 5.66. The average Bonchev–Trinajstić information content (AvgIpc) is 3.40. The van der Waals surface area contributed by atoms with Gasteiger partial charge in [-0.15, -0.1) is 11.3 Å². The highest BCUT2D eigenvalue weighted by Gasteiger charge is 2.25. The lowest BCUT2D eigenvalue weighted by molar-refractivity contribution is 0.0648. The zero-order chi connectivity index (χ0) is 17.8. The van der Waals surface area contributed by atoms with E-state index in [-0.39, 0.29) is 12.0 Å². The Balaban J connectivity index is 1.38. The van der Waals surface area contributed by atoms with Crippen molar-refractivity contribution in [3.63, 3.8) is 0 Å². The second-order valence-electron chi connectivity index (χ2n) is 6.54. The number of hydrogen-bond donors (Lipinski definition) is 0. The van der Waals surface area contributed by atoms with Gasteiger partial charge >= 0.3 is 0 Å². The fourth-order valence-corrected chi connectivity index (χ4v) is 4.07. The minimum absolute atomic E-state index is 0.0340. The van der Waals surface area contributed by atoms with Crippen molar-refractivity contribution in [1.82, 2.24) is 9.88 Å². The number of anilines is 1. The van der Waals surface area contributed by atoms with Gasteiger partial charge in [0.2, 0.25) is 0 Å². The largest absolute Gasteiger partial charge is 0.490 e. The van der Waals surface area contributed by atoms with Gasteiger partial charge in [0.15, 0.2) is 5.13 Å². The Hall–Kier alpha value is -2.12. The highest BCUT2D eigenvalue weighted by molar-refractivity contribution is 7.13. The molecule has 138 valence electrons. The molecular weight excluding hydrogens is 350 g/mol. The Bertz CT molecular complexity index is 723. The maximum Gasteiger partial charge on any atom is 0.257 e. The summed E-state index contributed by atoms with van der Waals surface area (Å²) >= 11 is 1.64. The molecule has 0 bridgehead atoms. The van der Waals surface area contributed by atoms with Crippen molar-refractivity contribution in [3.05, 3.63) is 41.4 Å². The van der Waals surface area contributed by atoms with Gasteiger partial charge in [-0.25, -0.2) is 4.98 Å². The molecule has 1 amide bonds. The van der Waals surface area contributed by atoms with Crippen molar-refractivity contribution < 1.29 is 14.3 Å². The molecule has 0 saturated carbocycles. The summed E-state index contributed by atoms with van der Waals surface area (Å²) in [6, 6.07) is 7.51. The zero-order valence-corrected chi connectivity index (χ0v) is 15.5. The van der Waals surface area contributed by atoms with Gasteiger partial charge in [-0.2, -0.15) is 0 Å². The molecule has 2 aliphatic heterocycles. The van der Waals surface area contributed by atoms with Crippen LogP contribution in [0.2, 0.25) is 0 Å². The monoisotopic (exact) mass is 373 g/mol. The van der Waals surface area contributed by atoms with Crippen LogP contribution < -0.4 is 9.64 Å². The highest BCUT2D eigenvalue weighted by Crippen LogP contribution is 2.24. The first kappa shape index (κ1) is 17.3. The molecular formula is C19H23N3O3S. The lowest BCUT2D eigenvalue weighted by Crippen LogP contribution is -2.48. The summed E-state index contributed by atoms with van der Waals surface area (Å²) in [6.45, 7) is 4.30. The molecule has 7 heteroatoms. The Kier molecular flexibility index (Phi) is 5.36. The van der Waals surface area contributed by atoms with Gasteiger partial charge in [0.25, 0.3) is 5.91 Å². The number of ether oxygens (including phenoxy) is 2. The van der Waals surface area contributed by atoms with E-state index in [1.807, 2.05) is 40.7 Å². The molecule has 1 atom stereocenters. The first-order valence-corrected chi connectivity index (χ1v) is 9.96. The zero-order valence-electron chi connectivity index (χ0n) is 14.7. The molecule has 2 aliphatic rings. The number of carbonyl (C=O) groups is 1. The molecule has 26 heavy (non-hydrogen) atoms. The van der Waals surface area contributed by atoms with E-state index in [4.69, 9.17) is 9.47 Å². The number of nitrogens with zero attached hydrogens (tertiary/aromatic N) is 3. The van der Waals surface area contributed by atoms with Crippen LogP contribution in [0.1, 0.15) is 23.2 Å². The Morgan fingerprint density at radius 3 is 2.85 bits per heavy atom. The van der Waals surface area contributed by atoms with Gasteiger partial charge in [0.1, 0.15) is 12.4 Å². The first-order chi connectivity index (χ1) is 12.8. The number of rotatable bonds is 5. The number of amides is 1. The van der Waals surface area contributed by atoms with Gasteiger partial charge < -0.3 is 19.3 Å². The fourth-order valence-electron chi connectivity index (χ4n) is 3.37. The standard InChI is InChI=1S/C19H23N3O3S/c23-18(21-8-10-22(11-9-21)19-20-7-13-26-19)16-5-1-2-6-17(16)25-14-15-4-3-12-24-15/h1-2,5-7,13,15H,3-4,8-12,14H2/t15-/m0/s1. The number of hydrogen-bond acceptors (Lipinski definition) is 6. The number of carbonyl (C=O) groups excluding carboxylic acids is 1. The van der Waals surface area contributed by atoms with Crippen molar-refractivity contribution in [2.45, 2.75) is 18.9 Å². The molecule has 4 rings (SSSR count). The Labute approximate surface area is 157 Å². The molecule has 0 unspecified atom stereocenters. The van der Waals surface area contributed by atoms with Crippen LogP contribution in [0.5, 0.6) is 5.75 Å². The molecule has 6 nitrogen and oxygen atoms in total. The van der Waals surface area contributed by atoms with E-state index in [0.29, 0.717) is 31.0 Å². The lowest BCUT2D eigenvalue weighted by atomic mass is 10.1. The van der Waals surface area contributed by atoms with Crippen LogP contribution in [0, 0.1) is 0 Å². The number of aromatic nitrogens is 1. The highest BCUT2D eigenvalue weighted by atomic mass is 32.1. The van der Waals surface area contributed by atoms with Crippen LogP contribution in [0.4, 0.5) is 5.13 Å². The summed E-state index contributed by atoms with van der Waals surface area (Å²) in [5.74, 6) is 0.682. The van der Waals surface area contributed by atoms with Gasteiger partial charge in [0, 0.05) is 44.4 Å². The summed E-state index contributed by atoms with van der Waals surface area (Å²) < 4.78 is 11.5. The van der Waals surface area contributed by atoms with E-state index >= 15 is 0 Å². The smallest absolute Gasteiger partial charge is 0.257 e. The number of para-hydroxylation sites is 1. The molecule has 2 aromatic rings. The van der Waals surface area contributed by atoms with Crippen LogP contribution in [-0.4, -0.2) is 61.3 Å². The number of benzene rings is 1. The lowest BCUT2D eigenvalue weighted by Gasteiger charge is -2.34. The van der Waals surface area contributed by atoms with Crippen molar-refractivity contribution in [2.75, 3.05) is 44.3 Å². The molecule has 0 N–H and O–H groups in total. The predicted molar refractivity (Wildman–Crippen MR) is 101 cm³/mol. The summed E-state index contributed by atoms with van der Waals surface area (Å²) in [5.41, 5.74) is 0.633. The van der Waals surface area contributed by atoms with E-state index in [1.54, 1.807) is 11.3 Å². The second-order valence-corrected chi connectivity index (χ2v) is 7.41. The summed E-state index contributed by atoms with van der Waals surface area (Å²) in [6.07, 6.45) is 4.06. The molecule has 2 fully saturated rings. The quantitative estimate of drug-likeness (QED) is 0.807. The van der Waals surface area contributed by atoms with Gasteiger partial charge in [-0.3, -0.25) is 4.79 Å². The van der Waals surface area contributed by atoms with Gasteiger partial charge in [0.05, 0.1) is 11.7 Å². The van der Waals surface area contributed by atoms with Gasteiger partial charge in [-0.05, 0) is 25.0 Å². The maximum atomic E-state index is 13.0. The van der Waals surface area contributed by atoms with Gasteiger partial charge in [-0.1, -0.05) is 12.1 Å². The predicted octanol–water partition coefficient (Wildman–Crippen LogP) is 2.66. The van der Waals surface area contributed by atoms with Crippen LogP contribution in [0.15, 0.2) is 35.8 Å². The molecule has 0 aliphatic carbocycles. The minimum Gasteiger partial charge on any atom is -0.490 e. The van der Waals surface area contributed by atoms with E-state index in [1.165, 1.54) is 0 Å². The van der Waals surface area contributed by atoms with Crippen molar-refractivity contribution >= 4 is 22.4 Å². The fraction of sp³-hybridized carbons (Fsp3) is 0.474. The number of piperazine rings is 1. The summed E-state index contributed by atoms with van der Waals surface area (Å²) in [5, 5.41) is 3.01. The number of thiazole rings is 1. The minimum atomic E-state index is 0.0340. The van der Waals surface area contributed by atoms with Crippen molar-refractivity contribution in [3.8, 4) is 5.75 Å². The average molecular weight is 373 g/mol. The third-order valence-electron chi connectivity index (χ3n) is 4.82. The van der Waals surface area contributed by atoms with E-state index in [2.05, 4.69) is 9.88 Å². The molecule has 2 saturated heterocycles. The van der Waals surface area contributed by atoms with Crippen molar-refractivity contribution in [2.24, 2.45) is 0 Å². The molecule has 1 aromatic heterocycles. The summed E-state index contributed by atoms with van der Waals surface area (Å²) in [7, 11) is 0. The molecule has 0 spiro atoms. The summed E-state index contributed by atoms with van der Waals surface area (Å²) in [4.78, 5) is 21.5. The van der Waals surface area contributed by atoms with Crippen LogP contribution in [0.25, 0.3) is 0 Å². The maximum absolute atomic E-state index is 13.0. The molecule has 1 aromatic carbocycles. The first-order valence-electron chi connectivity index (χ1n) is 9.08. The van der Waals surface area contributed by atoms with Crippen LogP contribution >= 0.6 is 11.3 Å². The van der Waals surface area contributed by atoms with Crippen LogP contribution in [-0.2, 0) is 4.74 Å². The SMILES string of the molecule is O=C(c1ccccc1OC[C@@H]1CCCO1)N1CCN(c2nccs2)CC1. The van der Waals surface area contributed by atoms with Crippen LogP contribution in [0.3, 0.4) is 0 Å². The normalized spacial score (nSPS) is 20.4. The Morgan fingerprint density at radius 1 is 1.27 bits per heavy atom. The third kappa shape index (κ3) is 3.83. The van der Waals surface area contributed by atoms with E-state index in [0.717, 1.165) is 37.7 Å². The topological polar surface area (TPSA) is 54.9 Å². The molecule has 3 heterocycles. The van der Waals surface area contributed by atoms with E-state index in [9.17, 15) is 4.79 Å². The molecule has 0 radical (unpaired) electrons. The van der Waals surface area contributed by atoms with E-state index < -0.39 is 0 Å².